The maximum atomic E-state index is 6.24. The molecule has 3 aliphatic rings. The van der Waals surface area contributed by atoms with Crippen LogP contribution in [0.25, 0.3) is 0 Å². The number of nitrogens with zero attached hydrogens (tertiary/aromatic N) is 1. The molecule has 0 amide bonds. The molecular weight excluding hydrogens is 274 g/mol. The van der Waals surface area contributed by atoms with E-state index in [4.69, 9.17) is 4.84 Å². The maximum absolute atomic E-state index is 6.24. The van der Waals surface area contributed by atoms with Gasteiger partial charge < -0.3 is 4.84 Å². The Morgan fingerprint density at radius 3 is 2.86 bits per heavy atom. The van der Waals surface area contributed by atoms with Crippen LogP contribution in [0.15, 0.2) is 47.6 Å². The summed E-state index contributed by atoms with van der Waals surface area (Å²) >= 11 is 0. The van der Waals surface area contributed by atoms with E-state index in [1.807, 2.05) is 0 Å². The predicted octanol–water partition coefficient (Wildman–Crippen LogP) is 3.64. The van der Waals surface area contributed by atoms with E-state index in [1.54, 1.807) is 0 Å². The molecule has 2 aliphatic carbocycles. The van der Waals surface area contributed by atoms with Crippen LogP contribution in [0.2, 0.25) is 13.1 Å². The number of rotatable bonds is 2. The van der Waals surface area contributed by atoms with Crippen LogP contribution in [-0.4, -0.2) is 19.0 Å². The highest BCUT2D eigenvalue weighted by molar-refractivity contribution is 6.92. The first-order chi connectivity index (χ1) is 10.2. The lowest BCUT2D eigenvalue weighted by molar-refractivity contribution is 0.0313. The lowest BCUT2D eigenvalue weighted by Crippen LogP contribution is -2.67. The third kappa shape index (κ3) is 1.73. The van der Waals surface area contributed by atoms with Crippen LogP contribution in [0, 0.1) is 11.8 Å². The Kier molecular flexibility index (Phi) is 2.90. The summed E-state index contributed by atoms with van der Waals surface area (Å²) in [7, 11) is -1.82. The highest BCUT2D eigenvalue weighted by atomic mass is 28.3. The molecule has 0 N–H and O–H groups in total. The Balaban J connectivity index is 1.83. The Morgan fingerprint density at radius 1 is 1.24 bits per heavy atom. The molecule has 1 aromatic carbocycles. The number of hydrogen-bond acceptors (Lipinski definition) is 2. The largest absolute Gasteiger partial charge is 0.388 e. The molecule has 110 valence electrons. The second-order valence-corrected chi connectivity index (χ2v) is 11.8. The first-order valence-electron chi connectivity index (χ1n) is 8.13. The second-order valence-electron chi connectivity index (χ2n) is 7.23. The van der Waals surface area contributed by atoms with Gasteiger partial charge in [0.1, 0.15) is 8.07 Å². The average molecular weight is 297 g/mol. The molecular formula is C18H23NOSi. The van der Waals surface area contributed by atoms with Crippen LogP contribution in [0.3, 0.4) is 0 Å². The molecule has 3 heteroatoms. The summed E-state index contributed by atoms with van der Waals surface area (Å²) < 4.78 is 0. The minimum atomic E-state index is -1.82. The van der Waals surface area contributed by atoms with Crippen molar-refractivity contribution < 1.29 is 4.84 Å². The molecule has 0 bridgehead atoms. The molecule has 21 heavy (non-hydrogen) atoms. The topological polar surface area (TPSA) is 21.6 Å². The summed E-state index contributed by atoms with van der Waals surface area (Å²) in [4.78, 5) is 6.24. The standard InChI is InChI=1S/C18H23NOSi/c1-21(2,15-10-4-3-5-11-15)18-13-7-9-14-8-6-12-16(17(14)18)19-20-18/h3-5,7,10-11,13-14,17H,6,8-9,12H2,1-2H3/t14?,17?,18-/m0/s1. The number of hydrogen-bond donors (Lipinski definition) is 0. The molecule has 4 rings (SSSR count). The summed E-state index contributed by atoms with van der Waals surface area (Å²) in [6.07, 6.45) is 9.68. The van der Waals surface area contributed by atoms with E-state index in [9.17, 15) is 0 Å². The van der Waals surface area contributed by atoms with Crippen LogP contribution < -0.4 is 5.19 Å². The van der Waals surface area contributed by atoms with E-state index in [0.717, 1.165) is 12.3 Å². The van der Waals surface area contributed by atoms with Gasteiger partial charge in [-0.15, -0.1) is 0 Å². The van der Waals surface area contributed by atoms with Crippen LogP contribution in [0.1, 0.15) is 25.7 Å². The van der Waals surface area contributed by atoms with Gasteiger partial charge in [-0.1, -0.05) is 59.8 Å². The van der Waals surface area contributed by atoms with Gasteiger partial charge in [0.25, 0.3) is 0 Å². The molecule has 1 aromatic rings. The normalized spacial score (nSPS) is 34.1. The maximum Gasteiger partial charge on any atom is 0.154 e. The minimum absolute atomic E-state index is 0.160. The zero-order valence-electron chi connectivity index (χ0n) is 12.9. The summed E-state index contributed by atoms with van der Waals surface area (Å²) in [5, 5.41) is 5.87. The smallest absolute Gasteiger partial charge is 0.154 e. The van der Waals surface area contributed by atoms with Crippen molar-refractivity contribution in [2.24, 2.45) is 17.0 Å². The predicted molar refractivity (Wildman–Crippen MR) is 89.4 cm³/mol. The summed E-state index contributed by atoms with van der Waals surface area (Å²) in [5.41, 5.74) is 1.34. The highest BCUT2D eigenvalue weighted by Crippen LogP contribution is 2.50. The fraction of sp³-hybridized carbons (Fsp3) is 0.500. The Hall–Kier alpha value is -1.35. The molecule has 3 atom stereocenters. The van der Waals surface area contributed by atoms with Crippen molar-refractivity contribution in [3.63, 3.8) is 0 Å². The van der Waals surface area contributed by atoms with Gasteiger partial charge in [0.15, 0.2) is 5.22 Å². The molecule has 1 fully saturated rings. The molecule has 0 saturated heterocycles. The van der Waals surface area contributed by atoms with Gasteiger partial charge in [-0.25, -0.2) is 0 Å². The average Bonchev–Trinajstić information content (AvgIpc) is 2.92. The molecule has 1 aliphatic heterocycles. The van der Waals surface area contributed by atoms with Crippen molar-refractivity contribution in [1.82, 2.24) is 0 Å². The van der Waals surface area contributed by atoms with Crippen molar-refractivity contribution in [3.05, 3.63) is 42.5 Å². The zero-order valence-corrected chi connectivity index (χ0v) is 13.9. The molecule has 1 heterocycles. The minimum Gasteiger partial charge on any atom is -0.388 e. The Bertz CT molecular complexity index is 607. The van der Waals surface area contributed by atoms with Crippen molar-refractivity contribution >= 4 is 19.0 Å². The molecule has 2 unspecified atom stereocenters. The molecule has 2 nitrogen and oxygen atoms in total. The highest BCUT2D eigenvalue weighted by Gasteiger charge is 2.62. The fourth-order valence-electron chi connectivity index (χ4n) is 4.63. The van der Waals surface area contributed by atoms with Gasteiger partial charge >= 0.3 is 0 Å². The SMILES string of the molecule is C[Si](C)(c1ccccc1)[C@]12C=CCC3CCCC(=NO1)C32. The van der Waals surface area contributed by atoms with Gasteiger partial charge in [0.05, 0.1) is 5.71 Å². The first-order valence-corrected chi connectivity index (χ1v) is 11.1. The van der Waals surface area contributed by atoms with E-state index < -0.39 is 8.07 Å². The van der Waals surface area contributed by atoms with Crippen molar-refractivity contribution in [2.45, 2.75) is 44.0 Å². The van der Waals surface area contributed by atoms with E-state index in [0.29, 0.717) is 5.92 Å². The van der Waals surface area contributed by atoms with E-state index in [1.165, 1.54) is 30.2 Å². The van der Waals surface area contributed by atoms with Gasteiger partial charge in [0, 0.05) is 5.92 Å². The number of oxime groups is 1. The van der Waals surface area contributed by atoms with Crippen LogP contribution in [0.5, 0.6) is 0 Å². The van der Waals surface area contributed by atoms with Crippen molar-refractivity contribution in [3.8, 4) is 0 Å². The lowest BCUT2D eigenvalue weighted by atomic mass is 9.71. The lowest BCUT2D eigenvalue weighted by Gasteiger charge is -2.48. The quantitative estimate of drug-likeness (QED) is 0.603. The summed E-state index contributed by atoms with van der Waals surface area (Å²) in [6, 6.07) is 11.0. The number of benzene rings is 1. The van der Waals surface area contributed by atoms with Crippen LogP contribution >= 0.6 is 0 Å². The fourth-order valence-corrected chi connectivity index (χ4v) is 8.09. The third-order valence-electron chi connectivity index (χ3n) is 5.89. The number of allylic oxidation sites excluding steroid dienone is 1. The first kappa shape index (κ1) is 13.3. The zero-order chi connectivity index (χ0) is 14.5. The van der Waals surface area contributed by atoms with Gasteiger partial charge in [-0.3, -0.25) is 0 Å². The van der Waals surface area contributed by atoms with E-state index in [2.05, 4.69) is 60.7 Å². The van der Waals surface area contributed by atoms with Crippen LogP contribution in [-0.2, 0) is 4.84 Å². The second kappa shape index (κ2) is 4.57. The molecule has 0 spiro atoms. The molecule has 1 saturated carbocycles. The van der Waals surface area contributed by atoms with Gasteiger partial charge in [-0.05, 0) is 37.7 Å². The Labute approximate surface area is 127 Å². The summed E-state index contributed by atoms with van der Waals surface area (Å²) in [6.45, 7) is 4.89. The van der Waals surface area contributed by atoms with Crippen LogP contribution in [0.4, 0.5) is 0 Å². The van der Waals surface area contributed by atoms with Crippen molar-refractivity contribution in [2.75, 3.05) is 0 Å². The van der Waals surface area contributed by atoms with E-state index in [-0.39, 0.29) is 5.22 Å². The molecule has 0 radical (unpaired) electrons. The van der Waals surface area contributed by atoms with Crippen molar-refractivity contribution in [1.29, 1.82) is 0 Å². The third-order valence-corrected chi connectivity index (χ3v) is 10.2. The molecule has 0 aromatic heterocycles. The van der Waals surface area contributed by atoms with E-state index >= 15 is 0 Å². The van der Waals surface area contributed by atoms with Gasteiger partial charge in [0.2, 0.25) is 0 Å². The van der Waals surface area contributed by atoms with Gasteiger partial charge in [-0.2, -0.15) is 0 Å². The summed E-state index contributed by atoms with van der Waals surface area (Å²) in [5.74, 6) is 1.26. The monoisotopic (exact) mass is 297 g/mol. The Morgan fingerprint density at radius 2 is 2.05 bits per heavy atom.